The molecule has 0 spiro atoms. The largest absolute Gasteiger partial charge is 0.349 e. The van der Waals surface area contributed by atoms with Crippen molar-refractivity contribution in [1.82, 2.24) is 10.3 Å². The molecule has 0 fully saturated rings. The zero-order valence-corrected chi connectivity index (χ0v) is 19.4. The molecule has 0 saturated heterocycles. The minimum absolute atomic E-state index is 0.0796. The number of aromatic nitrogens is 1. The standard InChI is InChI=1S/C23H24N4O3S2/c1-15(17-7-4-3-5-8-17)24-21(29)12-20-13-31-23(27-20)32-14-22(30)26-19-10-6-9-18(11-19)25-16(2)28/h3-11,13,15H,12,14H2,1-2H3,(H,24,29)(H,25,28)(H,26,30)/t15-/m0/s1. The number of anilines is 2. The molecule has 1 heterocycles. The average molecular weight is 469 g/mol. The van der Waals surface area contributed by atoms with Gasteiger partial charge in [-0.25, -0.2) is 4.98 Å². The molecule has 0 unspecified atom stereocenters. The SMILES string of the molecule is CC(=O)Nc1cccc(NC(=O)CSc2nc(CC(=O)N[C@@H](C)c3ccccc3)cs2)c1. The summed E-state index contributed by atoms with van der Waals surface area (Å²) in [5, 5.41) is 10.3. The van der Waals surface area contributed by atoms with Gasteiger partial charge >= 0.3 is 0 Å². The van der Waals surface area contributed by atoms with E-state index in [1.54, 1.807) is 24.3 Å². The smallest absolute Gasteiger partial charge is 0.234 e. The summed E-state index contributed by atoms with van der Waals surface area (Å²) in [6.45, 7) is 3.37. The molecule has 1 atom stereocenters. The first-order chi connectivity index (χ1) is 15.4. The van der Waals surface area contributed by atoms with Crippen molar-refractivity contribution >= 4 is 52.2 Å². The maximum atomic E-state index is 12.3. The van der Waals surface area contributed by atoms with Gasteiger partial charge in [0, 0.05) is 23.7 Å². The Morgan fingerprint density at radius 2 is 1.72 bits per heavy atom. The first-order valence-electron chi connectivity index (χ1n) is 9.98. The molecule has 0 aliphatic carbocycles. The van der Waals surface area contributed by atoms with Crippen LogP contribution in [0.1, 0.15) is 31.1 Å². The maximum Gasteiger partial charge on any atom is 0.234 e. The zero-order chi connectivity index (χ0) is 22.9. The Hall–Kier alpha value is -3.17. The molecule has 0 bridgehead atoms. The predicted octanol–water partition coefficient (Wildman–Crippen LogP) is 4.25. The summed E-state index contributed by atoms with van der Waals surface area (Å²) >= 11 is 2.72. The van der Waals surface area contributed by atoms with Crippen LogP contribution in [0.4, 0.5) is 11.4 Å². The van der Waals surface area contributed by atoms with Gasteiger partial charge in [-0.15, -0.1) is 11.3 Å². The Morgan fingerprint density at radius 1 is 1.00 bits per heavy atom. The van der Waals surface area contributed by atoms with Crippen LogP contribution in [0.3, 0.4) is 0 Å². The number of hydrogen-bond donors (Lipinski definition) is 3. The third-order valence-corrected chi connectivity index (χ3v) is 6.41. The molecule has 32 heavy (non-hydrogen) atoms. The Bertz CT molecular complexity index is 1090. The number of amides is 3. The van der Waals surface area contributed by atoms with Crippen LogP contribution in [0.2, 0.25) is 0 Å². The fourth-order valence-electron chi connectivity index (χ4n) is 2.92. The number of carbonyl (C=O) groups excluding carboxylic acids is 3. The number of thioether (sulfide) groups is 1. The summed E-state index contributed by atoms with van der Waals surface area (Å²) in [5.41, 5.74) is 2.95. The molecule has 1 aromatic heterocycles. The van der Waals surface area contributed by atoms with Crippen LogP contribution < -0.4 is 16.0 Å². The highest BCUT2D eigenvalue weighted by molar-refractivity contribution is 8.01. The minimum Gasteiger partial charge on any atom is -0.349 e. The fourth-order valence-corrected chi connectivity index (χ4v) is 4.56. The summed E-state index contributed by atoms with van der Waals surface area (Å²) in [6, 6.07) is 16.7. The van der Waals surface area contributed by atoms with E-state index in [0.717, 1.165) is 9.90 Å². The van der Waals surface area contributed by atoms with E-state index in [2.05, 4.69) is 20.9 Å². The normalized spacial score (nSPS) is 11.4. The number of hydrogen-bond acceptors (Lipinski definition) is 6. The second kappa shape index (κ2) is 11.4. The lowest BCUT2D eigenvalue weighted by atomic mass is 10.1. The molecule has 7 nitrogen and oxygen atoms in total. The number of nitrogens with zero attached hydrogens (tertiary/aromatic N) is 1. The van der Waals surface area contributed by atoms with Crippen molar-refractivity contribution in [3.05, 3.63) is 71.2 Å². The summed E-state index contributed by atoms with van der Waals surface area (Å²) in [6.07, 6.45) is 0.191. The second-order valence-electron chi connectivity index (χ2n) is 7.08. The van der Waals surface area contributed by atoms with Crippen LogP contribution in [0.5, 0.6) is 0 Å². The number of carbonyl (C=O) groups is 3. The van der Waals surface area contributed by atoms with Gasteiger partial charge in [0.25, 0.3) is 0 Å². The Kier molecular flexibility index (Phi) is 8.41. The van der Waals surface area contributed by atoms with E-state index in [-0.39, 0.29) is 35.9 Å². The van der Waals surface area contributed by atoms with Gasteiger partial charge in [0.05, 0.1) is 23.9 Å². The summed E-state index contributed by atoms with van der Waals surface area (Å²) in [5.74, 6) is -0.262. The van der Waals surface area contributed by atoms with Gasteiger partial charge in [-0.3, -0.25) is 14.4 Å². The van der Waals surface area contributed by atoms with Crippen molar-refractivity contribution in [2.75, 3.05) is 16.4 Å². The van der Waals surface area contributed by atoms with Crippen LogP contribution >= 0.6 is 23.1 Å². The van der Waals surface area contributed by atoms with E-state index in [1.807, 2.05) is 42.6 Å². The minimum atomic E-state index is -0.179. The van der Waals surface area contributed by atoms with Crippen molar-refractivity contribution in [2.24, 2.45) is 0 Å². The van der Waals surface area contributed by atoms with E-state index in [1.165, 1.54) is 30.0 Å². The van der Waals surface area contributed by atoms with Gasteiger partial charge in [-0.05, 0) is 30.7 Å². The van der Waals surface area contributed by atoms with Gasteiger partial charge in [0.1, 0.15) is 0 Å². The molecule has 3 amide bonds. The van der Waals surface area contributed by atoms with Crippen LogP contribution in [-0.4, -0.2) is 28.5 Å². The number of benzene rings is 2. The lowest BCUT2D eigenvalue weighted by molar-refractivity contribution is -0.121. The Morgan fingerprint density at radius 3 is 2.44 bits per heavy atom. The van der Waals surface area contributed by atoms with Crippen LogP contribution in [0, 0.1) is 0 Å². The third-order valence-electron chi connectivity index (χ3n) is 4.34. The highest BCUT2D eigenvalue weighted by Crippen LogP contribution is 2.24. The molecular formula is C23H24N4O3S2. The van der Waals surface area contributed by atoms with Gasteiger partial charge in [-0.1, -0.05) is 48.2 Å². The number of thiazole rings is 1. The molecule has 166 valence electrons. The lowest BCUT2D eigenvalue weighted by Crippen LogP contribution is -2.28. The lowest BCUT2D eigenvalue weighted by Gasteiger charge is -2.13. The molecule has 3 rings (SSSR count). The zero-order valence-electron chi connectivity index (χ0n) is 17.8. The molecular weight excluding hydrogens is 444 g/mol. The molecule has 3 N–H and O–H groups in total. The van der Waals surface area contributed by atoms with Gasteiger partial charge in [-0.2, -0.15) is 0 Å². The van der Waals surface area contributed by atoms with E-state index >= 15 is 0 Å². The summed E-state index contributed by atoms with van der Waals surface area (Å²) in [7, 11) is 0. The van der Waals surface area contributed by atoms with Gasteiger partial charge < -0.3 is 16.0 Å². The van der Waals surface area contributed by atoms with Crippen LogP contribution in [-0.2, 0) is 20.8 Å². The topological polar surface area (TPSA) is 100 Å². The van der Waals surface area contributed by atoms with E-state index in [4.69, 9.17) is 0 Å². The third kappa shape index (κ3) is 7.51. The quantitative estimate of drug-likeness (QED) is 0.408. The molecule has 9 heteroatoms. The van der Waals surface area contributed by atoms with E-state index in [0.29, 0.717) is 17.1 Å². The van der Waals surface area contributed by atoms with E-state index in [9.17, 15) is 14.4 Å². The first kappa shape index (κ1) is 23.5. The van der Waals surface area contributed by atoms with Crippen LogP contribution in [0.15, 0.2) is 64.3 Å². The van der Waals surface area contributed by atoms with Gasteiger partial charge in [0.2, 0.25) is 17.7 Å². The van der Waals surface area contributed by atoms with Crippen molar-refractivity contribution in [2.45, 2.75) is 30.6 Å². The molecule has 2 aromatic carbocycles. The van der Waals surface area contributed by atoms with Crippen molar-refractivity contribution in [3.63, 3.8) is 0 Å². The molecule has 0 radical (unpaired) electrons. The Balaban J connectivity index is 1.45. The molecule has 0 saturated carbocycles. The molecule has 0 aliphatic heterocycles. The van der Waals surface area contributed by atoms with Gasteiger partial charge in [0.15, 0.2) is 4.34 Å². The fraction of sp³-hybridized carbons (Fsp3) is 0.217. The highest BCUT2D eigenvalue weighted by Gasteiger charge is 2.13. The first-order valence-corrected chi connectivity index (χ1v) is 11.8. The monoisotopic (exact) mass is 468 g/mol. The average Bonchev–Trinajstić information content (AvgIpc) is 3.19. The number of nitrogens with one attached hydrogen (secondary N) is 3. The van der Waals surface area contributed by atoms with Crippen molar-refractivity contribution in [3.8, 4) is 0 Å². The van der Waals surface area contributed by atoms with E-state index < -0.39 is 0 Å². The van der Waals surface area contributed by atoms with Crippen molar-refractivity contribution < 1.29 is 14.4 Å². The van der Waals surface area contributed by atoms with Crippen molar-refractivity contribution in [1.29, 1.82) is 0 Å². The molecule has 3 aromatic rings. The predicted molar refractivity (Wildman–Crippen MR) is 129 cm³/mol. The highest BCUT2D eigenvalue weighted by atomic mass is 32.2. The Labute approximate surface area is 195 Å². The number of rotatable bonds is 9. The maximum absolute atomic E-state index is 12.3. The summed E-state index contributed by atoms with van der Waals surface area (Å²) in [4.78, 5) is 40.2. The van der Waals surface area contributed by atoms with Crippen LogP contribution in [0.25, 0.3) is 0 Å². The molecule has 0 aliphatic rings. The summed E-state index contributed by atoms with van der Waals surface area (Å²) < 4.78 is 0.728. The second-order valence-corrected chi connectivity index (χ2v) is 9.16.